The normalized spacial score (nSPS) is 19.6. The van der Waals surface area contributed by atoms with E-state index in [9.17, 15) is 4.79 Å². The van der Waals surface area contributed by atoms with E-state index in [4.69, 9.17) is 16.3 Å². The highest BCUT2D eigenvalue weighted by Crippen LogP contribution is 2.36. The van der Waals surface area contributed by atoms with Crippen LogP contribution in [0.2, 0.25) is 5.02 Å². The first-order chi connectivity index (χ1) is 10.00. The van der Waals surface area contributed by atoms with Crippen molar-refractivity contribution in [3.63, 3.8) is 0 Å². The van der Waals surface area contributed by atoms with E-state index in [1.54, 1.807) is 0 Å². The fourth-order valence-corrected chi connectivity index (χ4v) is 3.64. The van der Waals surface area contributed by atoms with Crippen LogP contribution in [0.4, 0.5) is 0 Å². The van der Waals surface area contributed by atoms with Gasteiger partial charge in [0.25, 0.3) is 0 Å². The van der Waals surface area contributed by atoms with Crippen molar-refractivity contribution in [2.75, 3.05) is 33.3 Å². The van der Waals surface area contributed by atoms with Crippen LogP contribution in [-0.2, 0) is 15.1 Å². The third kappa shape index (κ3) is 3.42. The van der Waals surface area contributed by atoms with Crippen molar-refractivity contribution in [3.05, 3.63) is 33.3 Å². The molecular formula is C15H20BrClN2O2. The molecule has 2 rings (SSSR count). The molecule has 1 N–H and O–H groups in total. The van der Waals surface area contributed by atoms with Crippen molar-refractivity contribution >= 4 is 33.5 Å². The quantitative estimate of drug-likeness (QED) is 0.825. The fourth-order valence-electron chi connectivity index (χ4n) is 2.79. The molecule has 0 aliphatic carbocycles. The Morgan fingerprint density at radius 3 is 2.86 bits per heavy atom. The Labute approximate surface area is 138 Å². The van der Waals surface area contributed by atoms with Crippen LogP contribution in [0.3, 0.4) is 0 Å². The molecule has 1 saturated heterocycles. The van der Waals surface area contributed by atoms with Gasteiger partial charge in [0.1, 0.15) is 5.54 Å². The minimum atomic E-state index is -0.876. The lowest BCUT2D eigenvalue weighted by atomic mass is 9.89. The van der Waals surface area contributed by atoms with Crippen LogP contribution in [-0.4, -0.2) is 44.2 Å². The summed E-state index contributed by atoms with van der Waals surface area (Å²) >= 11 is 9.80. The number of nitrogens with one attached hydrogen (secondary N) is 1. The third-order valence-electron chi connectivity index (χ3n) is 4.01. The maximum Gasteiger partial charge on any atom is 0.330 e. The first-order valence-electron chi connectivity index (χ1n) is 7.00. The van der Waals surface area contributed by atoms with Crippen molar-refractivity contribution < 1.29 is 9.53 Å². The molecule has 1 aliphatic heterocycles. The number of benzene rings is 1. The SMILES string of the molecule is COC(=O)C(C)(c1ccc(Br)cc1Cl)N1CCCNCC1. The molecule has 0 bridgehead atoms. The van der Waals surface area contributed by atoms with Crippen molar-refractivity contribution in [1.29, 1.82) is 0 Å². The summed E-state index contributed by atoms with van der Waals surface area (Å²) in [5.74, 6) is -0.284. The van der Waals surface area contributed by atoms with E-state index in [1.165, 1.54) is 7.11 Å². The standard InChI is InChI=1S/C15H20BrClN2O2/c1-15(14(20)21-2,19-8-3-6-18-7-9-19)12-5-4-11(16)10-13(12)17/h4-5,10,18H,3,6-9H2,1-2H3. The van der Waals surface area contributed by atoms with Gasteiger partial charge in [-0.1, -0.05) is 33.6 Å². The number of methoxy groups -OCH3 is 1. The second kappa shape index (κ2) is 7.09. The Morgan fingerprint density at radius 2 is 2.19 bits per heavy atom. The molecule has 0 amide bonds. The zero-order chi connectivity index (χ0) is 15.5. The summed E-state index contributed by atoms with van der Waals surface area (Å²) in [4.78, 5) is 14.7. The molecule has 21 heavy (non-hydrogen) atoms. The van der Waals surface area contributed by atoms with E-state index in [-0.39, 0.29) is 5.97 Å². The van der Waals surface area contributed by atoms with Gasteiger partial charge in [-0.3, -0.25) is 4.90 Å². The van der Waals surface area contributed by atoms with Gasteiger partial charge in [0, 0.05) is 34.7 Å². The molecule has 1 aliphatic rings. The first kappa shape index (κ1) is 16.7. The number of halogens is 2. The second-order valence-corrected chi connectivity index (χ2v) is 6.60. The smallest absolute Gasteiger partial charge is 0.330 e. The molecule has 4 nitrogen and oxygen atoms in total. The van der Waals surface area contributed by atoms with E-state index in [0.29, 0.717) is 5.02 Å². The number of esters is 1. The Kier molecular flexibility index (Phi) is 5.66. The monoisotopic (exact) mass is 374 g/mol. The van der Waals surface area contributed by atoms with Gasteiger partial charge < -0.3 is 10.1 Å². The van der Waals surface area contributed by atoms with E-state index >= 15 is 0 Å². The summed E-state index contributed by atoms with van der Waals surface area (Å²) in [5, 5.41) is 3.91. The molecule has 0 spiro atoms. The second-order valence-electron chi connectivity index (χ2n) is 5.28. The maximum absolute atomic E-state index is 12.5. The Morgan fingerprint density at radius 1 is 1.43 bits per heavy atom. The zero-order valence-corrected chi connectivity index (χ0v) is 14.6. The largest absolute Gasteiger partial charge is 0.467 e. The highest BCUT2D eigenvalue weighted by atomic mass is 79.9. The van der Waals surface area contributed by atoms with Crippen molar-refractivity contribution in [1.82, 2.24) is 10.2 Å². The summed E-state index contributed by atoms with van der Waals surface area (Å²) in [6.45, 7) is 5.30. The number of rotatable bonds is 3. The zero-order valence-electron chi connectivity index (χ0n) is 12.3. The number of nitrogens with zero attached hydrogens (tertiary/aromatic N) is 1. The topological polar surface area (TPSA) is 41.6 Å². The highest BCUT2D eigenvalue weighted by molar-refractivity contribution is 9.10. The molecule has 1 aromatic rings. The summed E-state index contributed by atoms with van der Waals surface area (Å²) in [6.07, 6.45) is 0.987. The van der Waals surface area contributed by atoms with Crippen LogP contribution in [0.5, 0.6) is 0 Å². The molecule has 1 unspecified atom stereocenters. The van der Waals surface area contributed by atoms with Crippen LogP contribution >= 0.6 is 27.5 Å². The van der Waals surface area contributed by atoms with Crippen LogP contribution in [0.25, 0.3) is 0 Å². The summed E-state index contributed by atoms with van der Waals surface area (Å²) in [7, 11) is 1.42. The third-order valence-corrected chi connectivity index (χ3v) is 4.82. The minimum Gasteiger partial charge on any atom is -0.467 e. The molecule has 6 heteroatoms. The molecule has 0 saturated carbocycles. The molecule has 0 aromatic heterocycles. The minimum absolute atomic E-state index is 0.284. The lowest BCUT2D eigenvalue weighted by Crippen LogP contribution is -2.51. The van der Waals surface area contributed by atoms with Crippen LogP contribution < -0.4 is 5.32 Å². The van der Waals surface area contributed by atoms with E-state index in [0.717, 1.165) is 42.6 Å². The van der Waals surface area contributed by atoms with Gasteiger partial charge in [0.05, 0.1) is 7.11 Å². The average molecular weight is 376 g/mol. The first-order valence-corrected chi connectivity index (χ1v) is 8.17. The van der Waals surface area contributed by atoms with Gasteiger partial charge in [0.2, 0.25) is 0 Å². The lowest BCUT2D eigenvalue weighted by molar-refractivity contribution is -0.155. The molecule has 1 aromatic carbocycles. The summed E-state index contributed by atoms with van der Waals surface area (Å²) in [5.41, 5.74) is -0.0976. The van der Waals surface area contributed by atoms with E-state index < -0.39 is 5.54 Å². The van der Waals surface area contributed by atoms with Gasteiger partial charge >= 0.3 is 5.97 Å². The lowest BCUT2D eigenvalue weighted by Gasteiger charge is -2.39. The Bertz CT molecular complexity index is 518. The average Bonchev–Trinajstić information content (AvgIpc) is 2.75. The molecule has 0 radical (unpaired) electrons. The summed E-state index contributed by atoms with van der Waals surface area (Å²) < 4.78 is 5.97. The number of ether oxygens (including phenoxy) is 1. The van der Waals surface area contributed by atoms with E-state index in [2.05, 4.69) is 26.1 Å². The Balaban J connectivity index is 2.47. The van der Waals surface area contributed by atoms with Crippen LogP contribution in [0.15, 0.2) is 22.7 Å². The van der Waals surface area contributed by atoms with Crippen molar-refractivity contribution in [2.24, 2.45) is 0 Å². The number of hydrogen-bond donors (Lipinski definition) is 1. The maximum atomic E-state index is 12.5. The molecule has 1 fully saturated rings. The highest BCUT2D eigenvalue weighted by Gasteiger charge is 2.43. The molecule has 1 heterocycles. The molecular weight excluding hydrogens is 356 g/mol. The van der Waals surface area contributed by atoms with Crippen molar-refractivity contribution in [3.8, 4) is 0 Å². The Hall–Kier alpha value is -0.620. The van der Waals surface area contributed by atoms with Gasteiger partial charge in [0.15, 0.2) is 0 Å². The number of hydrogen-bond acceptors (Lipinski definition) is 4. The van der Waals surface area contributed by atoms with E-state index in [1.807, 2.05) is 25.1 Å². The van der Waals surface area contributed by atoms with Gasteiger partial charge in [-0.15, -0.1) is 0 Å². The van der Waals surface area contributed by atoms with Crippen LogP contribution in [0.1, 0.15) is 18.9 Å². The van der Waals surface area contributed by atoms with Crippen LogP contribution in [0, 0.1) is 0 Å². The molecule has 1 atom stereocenters. The summed E-state index contributed by atoms with van der Waals surface area (Å²) in [6, 6.07) is 5.61. The molecule has 116 valence electrons. The van der Waals surface area contributed by atoms with Gasteiger partial charge in [-0.2, -0.15) is 0 Å². The van der Waals surface area contributed by atoms with Gasteiger partial charge in [-0.25, -0.2) is 4.79 Å². The van der Waals surface area contributed by atoms with Gasteiger partial charge in [-0.05, 0) is 32.0 Å². The number of carbonyl (C=O) groups excluding carboxylic acids is 1. The predicted molar refractivity (Wildman–Crippen MR) is 87.6 cm³/mol. The van der Waals surface area contributed by atoms with Crippen molar-refractivity contribution in [2.45, 2.75) is 18.9 Å². The predicted octanol–water partition coefficient (Wildman–Crippen LogP) is 2.79. The number of carbonyl (C=O) groups is 1. The fraction of sp³-hybridized carbons (Fsp3) is 0.533.